The van der Waals surface area contributed by atoms with Crippen LogP contribution in [0.3, 0.4) is 0 Å². The fourth-order valence-electron chi connectivity index (χ4n) is 4.72. The number of carbonyl (C=O) groups is 1. The summed E-state index contributed by atoms with van der Waals surface area (Å²) >= 11 is 6.11. The number of anilines is 1. The lowest BCUT2D eigenvalue weighted by Gasteiger charge is -2.24. The van der Waals surface area contributed by atoms with Crippen LogP contribution in [0, 0.1) is 6.92 Å². The van der Waals surface area contributed by atoms with Crippen LogP contribution < -0.4 is 10.5 Å². The number of aryl methyl sites for hydroxylation is 1. The highest BCUT2D eigenvalue weighted by molar-refractivity contribution is 6.30. The van der Waals surface area contributed by atoms with Crippen LogP contribution in [0.25, 0.3) is 16.7 Å². The van der Waals surface area contributed by atoms with Gasteiger partial charge in [0.1, 0.15) is 5.82 Å². The molecule has 1 fully saturated rings. The lowest BCUT2D eigenvalue weighted by molar-refractivity contribution is 0.0989. The molecule has 2 aliphatic rings. The molecule has 2 aromatic heterocycles. The van der Waals surface area contributed by atoms with Gasteiger partial charge in [0.2, 0.25) is 5.65 Å². The number of hydrogen-bond donors (Lipinski definition) is 1. The highest BCUT2D eigenvalue weighted by Gasteiger charge is 2.29. The van der Waals surface area contributed by atoms with Gasteiger partial charge in [-0.3, -0.25) is 14.0 Å². The number of nitrogens with one attached hydrogen (secondary N) is 1. The molecule has 0 atom stereocenters. The van der Waals surface area contributed by atoms with Crippen molar-refractivity contribution in [3.8, 4) is 0 Å². The summed E-state index contributed by atoms with van der Waals surface area (Å²) in [7, 11) is 0. The number of benzene rings is 2. The first kappa shape index (κ1) is 21.0. The predicted molar refractivity (Wildman–Crippen MR) is 127 cm³/mol. The largest absolute Gasteiger partial charge is 0.317 e. The molecule has 1 saturated carbocycles. The maximum Gasteiger partial charge on any atom is 0.294 e. The summed E-state index contributed by atoms with van der Waals surface area (Å²) in [6, 6.07) is 9.36. The smallest absolute Gasteiger partial charge is 0.294 e. The molecule has 0 radical (unpaired) electrons. The van der Waals surface area contributed by atoms with E-state index < -0.39 is 0 Å². The van der Waals surface area contributed by atoms with Crippen LogP contribution in [0.1, 0.15) is 52.5 Å². The Hall–Kier alpha value is -2.90. The van der Waals surface area contributed by atoms with Crippen LogP contribution in [-0.4, -0.2) is 32.0 Å². The molecule has 1 aliphatic carbocycles. The molecule has 2 aromatic carbocycles. The summed E-state index contributed by atoms with van der Waals surface area (Å²) in [6.07, 6.45) is 4.06. The van der Waals surface area contributed by atoms with Crippen molar-refractivity contribution in [1.82, 2.24) is 19.6 Å². The van der Waals surface area contributed by atoms with Gasteiger partial charge in [-0.1, -0.05) is 18.0 Å². The molecule has 0 saturated heterocycles. The van der Waals surface area contributed by atoms with Gasteiger partial charge in [-0.05, 0) is 67.6 Å². The number of halogens is 2. The van der Waals surface area contributed by atoms with Crippen LogP contribution in [0.5, 0.6) is 0 Å². The molecule has 1 amide bonds. The topological polar surface area (TPSA) is 83.4 Å². The van der Waals surface area contributed by atoms with Gasteiger partial charge in [0, 0.05) is 28.7 Å². The van der Waals surface area contributed by atoms with Crippen LogP contribution in [0.4, 0.5) is 5.69 Å². The molecule has 1 aliphatic heterocycles. The van der Waals surface area contributed by atoms with Crippen molar-refractivity contribution in [2.75, 3.05) is 11.4 Å². The molecule has 32 heavy (non-hydrogen) atoms. The van der Waals surface area contributed by atoms with E-state index in [0.29, 0.717) is 34.2 Å². The number of amides is 1. The second-order valence-electron chi connectivity index (χ2n) is 8.46. The summed E-state index contributed by atoms with van der Waals surface area (Å²) in [6.45, 7) is 2.54. The van der Waals surface area contributed by atoms with Gasteiger partial charge in [-0.25, -0.2) is 0 Å². The number of nitrogens with zero attached hydrogens (tertiary/aromatic N) is 4. The van der Waals surface area contributed by atoms with Crippen molar-refractivity contribution in [3.05, 3.63) is 68.2 Å². The highest BCUT2D eigenvalue weighted by Crippen LogP contribution is 2.36. The number of aromatic amines is 1. The minimum absolute atomic E-state index is 0. The molecular formula is C23H21Cl2N5O2. The number of fused-ring (bicyclic) bond motifs is 4. The molecule has 3 heterocycles. The van der Waals surface area contributed by atoms with Gasteiger partial charge in [-0.15, -0.1) is 22.6 Å². The Bertz CT molecular complexity index is 1450. The Morgan fingerprint density at radius 1 is 1.19 bits per heavy atom. The van der Waals surface area contributed by atoms with Crippen molar-refractivity contribution in [1.29, 1.82) is 0 Å². The van der Waals surface area contributed by atoms with E-state index in [9.17, 15) is 9.59 Å². The summed E-state index contributed by atoms with van der Waals surface area (Å²) in [4.78, 5) is 30.8. The zero-order valence-electron chi connectivity index (χ0n) is 17.4. The molecule has 0 bridgehead atoms. The van der Waals surface area contributed by atoms with Gasteiger partial charge in [0.25, 0.3) is 11.5 Å². The second-order valence-corrected chi connectivity index (χ2v) is 8.90. The van der Waals surface area contributed by atoms with Gasteiger partial charge in [-0.2, -0.15) is 0 Å². The SMILES string of the molecule is Cc1cc2c(cc1C(=O)N1CCc3cc(Cl)ccc31)[nH]c(=O)c1nnc(C3CCC3)n12.Cl. The molecule has 6 rings (SSSR count). The highest BCUT2D eigenvalue weighted by atomic mass is 35.5. The maximum absolute atomic E-state index is 13.5. The number of rotatable bonds is 2. The van der Waals surface area contributed by atoms with Gasteiger partial charge < -0.3 is 9.88 Å². The molecule has 7 nitrogen and oxygen atoms in total. The van der Waals surface area contributed by atoms with Crippen LogP contribution in [0.2, 0.25) is 5.02 Å². The third kappa shape index (κ3) is 3.03. The number of hydrogen-bond acceptors (Lipinski definition) is 4. The van der Waals surface area contributed by atoms with E-state index in [1.54, 1.807) is 11.0 Å². The van der Waals surface area contributed by atoms with Gasteiger partial charge >= 0.3 is 0 Å². The molecule has 164 valence electrons. The average Bonchev–Trinajstić information content (AvgIpc) is 3.31. The fraction of sp³-hybridized carbons (Fsp3) is 0.304. The van der Waals surface area contributed by atoms with Crippen LogP contribution in [-0.2, 0) is 6.42 Å². The zero-order valence-corrected chi connectivity index (χ0v) is 19.0. The first-order valence-electron chi connectivity index (χ1n) is 10.5. The average molecular weight is 470 g/mol. The first-order valence-corrected chi connectivity index (χ1v) is 10.9. The summed E-state index contributed by atoms with van der Waals surface area (Å²) in [5.41, 5.74) is 4.83. The predicted octanol–water partition coefficient (Wildman–Crippen LogP) is 4.42. The Morgan fingerprint density at radius 3 is 2.75 bits per heavy atom. The standard InChI is InChI=1S/C23H20ClN5O2.ClH/c1-12-9-19-17(25-22(30)21-27-26-20(29(19)21)13-3-2-4-13)11-16(12)23(31)28-8-7-14-10-15(24)5-6-18(14)28;/h5-6,9-11,13H,2-4,7-8H2,1H3,(H,25,30);1H. The summed E-state index contributed by atoms with van der Waals surface area (Å²) < 4.78 is 1.87. The van der Waals surface area contributed by atoms with Crippen molar-refractivity contribution in [3.63, 3.8) is 0 Å². The normalized spacial score (nSPS) is 15.6. The second kappa shape index (κ2) is 7.60. The quantitative estimate of drug-likeness (QED) is 0.470. The maximum atomic E-state index is 13.5. The number of H-pyrrole nitrogens is 1. The lowest BCUT2D eigenvalue weighted by atomic mass is 9.85. The Labute approximate surface area is 194 Å². The first-order chi connectivity index (χ1) is 15.0. The monoisotopic (exact) mass is 469 g/mol. The molecular weight excluding hydrogens is 449 g/mol. The van der Waals surface area contributed by atoms with E-state index in [-0.39, 0.29) is 23.9 Å². The molecule has 4 aromatic rings. The van der Waals surface area contributed by atoms with Crippen molar-refractivity contribution < 1.29 is 4.79 Å². The Balaban J connectivity index is 0.00000216. The van der Waals surface area contributed by atoms with E-state index in [2.05, 4.69) is 15.2 Å². The van der Waals surface area contributed by atoms with Crippen molar-refractivity contribution in [2.45, 2.75) is 38.5 Å². The van der Waals surface area contributed by atoms with Crippen molar-refractivity contribution in [2.24, 2.45) is 0 Å². The fourth-order valence-corrected chi connectivity index (χ4v) is 4.92. The third-order valence-corrected chi connectivity index (χ3v) is 6.84. The van der Waals surface area contributed by atoms with Crippen LogP contribution in [0.15, 0.2) is 35.1 Å². The van der Waals surface area contributed by atoms with Gasteiger partial charge in [0.05, 0.1) is 11.0 Å². The summed E-state index contributed by atoms with van der Waals surface area (Å²) in [5, 5.41) is 9.13. The molecule has 1 N–H and O–H groups in total. The Morgan fingerprint density at radius 2 is 2.00 bits per heavy atom. The van der Waals surface area contributed by atoms with E-state index in [1.807, 2.05) is 35.6 Å². The minimum atomic E-state index is -0.297. The summed E-state index contributed by atoms with van der Waals surface area (Å²) in [5.74, 6) is 1.08. The molecule has 0 spiro atoms. The third-order valence-electron chi connectivity index (χ3n) is 6.61. The van der Waals surface area contributed by atoms with E-state index in [0.717, 1.165) is 47.4 Å². The zero-order chi connectivity index (χ0) is 21.3. The van der Waals surface area contributed by atoms with Crippen LogP contribution >= 0.6 is 24.0 Å². The van der Waals surface area contributed by atoms with E-state index in [4.69, 9.17) is 11.6 Å². The lowest BCUT2D eigenvalue weighted by Crippen LogP contribution is -2.29. The van der Waals surface area contributed by atoms with E-state index in [1.165, 1.54) is 6.42 Å². The van der Waals surface area contributed by atoms with E-state index >= 15 is 0 Å². The van der Waals surface area contributed by atoms with Gasteiger partial charge in [0.15, 0.2) is 0 Å². The number of carbonyl (C=O) groups excluding carboxylic acids is 1. The number of aromatic nitrogens is 4. The Kier molecular flexibility index (Phi) is 4.98. The molecule has 9 heteroatoms. The van der Waals surface area contributed by atoms with Crippen molar-refractivity contribution >= 4 is 52.3 Å². The minimum Gasteiger partial charge on any atom is -0.317 e. The molecule has 0 unspecified atom stereocenters.